The van der Waals surface area contributed by atoms with Crippen LogP contribution in [0.5, 0.6) is 0 Å². The number of rotatable bonds is 5. The Bertz CT molecular complexity index is 821. The van der Waals surface area contributed by atoms with Gasteiger partial charge in [-0.05, 0) is 44.7 Å². The molecule has 2 atom stereocenters. The van der Waals surface area contributed by atoms with Gasteiger partial charge in [0, 0.05) is 30.7 Å². The average molecular weight is 339 g/mol. The molecule has 0 spiro atoms. The molecule has 25 heavy (non-hydrogen) atoms. The highest BCUT2D eigenvalue weighted by molar-refractivity contribution is 5.56. The highest BCUT2D eigenvalue weighted by atomic mass is 16.5. The second-order valence-corrected chi connectivity index (χ2v) is 6.90. The predicted molar refractivity (Wildman–Crippen MR) is 90.0 cm³/mol. The molecule has 7 nitrogen and oxygen atoms in total. The second-order valence-electron chi connectivity index (χ2n) is 6.90. The minimum atomic E-state index is -0.191. The maximum Gasteiger partial charge on any atom is 0.256 e. The van der Waals surface area contributed by atoms with Gasteiger partial charge in [-0.25, -0.2) is 4.98 Å². The Balaban J connectivity index is 1.47. The van der Waals surface area contributed by atoms with Crippen molar-refractivity contribution in [3.63, 3.8) is 0 Å². The summed E-state index contributed by atoms with van der Waals surface area (Å²) in [5.41, 5.74) is 2.42. The fourth-order valence-electron chi connectivity index (χ4n) is 3.32. The quantitative estimate of drug-likeness (QED) is 0.894. The van der Waals surface area contributed by atoms with E-state index >= 15 is 0 Å². The summed E-state index contributed by atoms with van der Waals surface area (Å²) in [6.07, 6.45) is 3.00. The highest BCUT2D eigenvalue weighted by Crippen LogP contribution is 2.40. The monoisotopic (exact) mass is 339 g/mol. The lowest BCUT2D eigenvalue weighted by atomic mass is 10.0. The third-order valence-corrected chi connectivity index (χ3v) is 4.85. The standard InChI is InChI=1S/C18H21N5O2/c1-10-7-11(2)21-17(14(10)8-19)20-9-13-5-6-24-15(13)18-22-16(23-25-18)12-3-4-12/h7,12-13,15H,3-6,9H2,1-2H3,(H,20,21)/t13-,15-/m0/s1. The largest absolute Gasteiger partial charge is 0.369 e. The van der Waals surface area contributed by atoms with Gasteiger partial charge in [0.1, 0.15) is 18.0 Å². The molecule has 1 aliphatic carbocycles. The van der Waals surface area contributed by atoms with Gasteiger partial charge in [0.2, 0.25) is 0 Å². The lowest BCUT2D eigenvalue weighted by Gasteiger charge is -2.17. The van der Waals surface area contributed by atoms with E-state index in [-0.39, 0.29) is 12.0 Å². The maximum absolute atomic E-state index is 9.38. The zero-order chi connectivity index (χ0) is 17.4. The van der Waals surface area contributed by atoms with Crippen molar-refractivity contribution >= 4 is 5.82 Å². The van der Waals surface area contributed by atoms with Crippen molar-refractivity contribution < 1.29 is 9.26 Å². The Labute approximate surface area is 146 Å². The van der Waals surface area contributed by atoms with E-state index in [1.807, 2.05) is 19.9 Å². The van der Waals surface area contributed by atoms with Crippen LogP contribution in [-0.2, 0) is 4.74 Å². The number of nitrogens with one attached hydrogen (secondary N) is 1. The molecule has 130 valence electrons. The first-order chi connectivity index (χ1) is 12.2. The van der Waals surface area contributed by atoms with Crippen LogP contribution in [0.1, 0.15) is 59.8 Å². The number of hydrogen-bond donors (Lipinski definition) is 1. The summed E-state index contributed by atoms with van der Waals surface area (Å²) in [5, 5.41) is 16.8. The van der Waals surface area contributed by atoms with Crippen LogP contribution in [0.25, 0.3) is 0 Å². The van der Waals surface area contributed by atoms with Crippen LogP contribution in [-0.4, -0.2) is 28.3 Å². The number of ether oxygens (including phenoxy) is 1. The van der Waals surface area contributed by atoms with Gasteiger partial charge in [0.05, 0.1) is 5.56 Å². The van der Waals surface area contributed by atoms with Crippen LogP contribution >= 0.6 is 0 Å². The summed E-state index contributed by atoms with van der Waals surface area (Å²) in [5.74, 6) is 2.68. The van der Waals surface area contributed by atoms with E-state index in [1.54, 1.807) is 0 Å². The smallest absolute Gasteiger partial charge is 0.256 e. The molecular formula is C18H21N5O2. The van der Waals surface area contributed by atoms with Gasteiger partial charge in [-0.1, -0.05) is 5.16 Å². The van der Waals surface area contributed by atoms with Gasteiger partial charge in [-0.3, -0.25) is 0 Å². The SMILES string of the molecule is Cc1cc(C)c(C#N)c(NC[C@@H]2CCO[C@@H]2c2nc(C3CC3)no2)n1. The molecule has 4 rings (SSSR count). The van der Waals surface area contributed by atoms with E-state index < -0.39 is 0 Å². The normalized spacial score (nSPS) is 22.8. The summed E-state index contributed by atoms with van der Waals surface area (Å²) in [4.78, 5) is 9.00. The van der Waals surface area contributed by atoms with E-state index in [0.717, 1.165) is 36.3 Å². The lowest BCUT2D eigenvalue weighted by molar-refractivity contribution is 0.0650. The first-order valence-electron chi connectivity index (χ1n) is 8.73. The molecule has 1 N–H and O–H groups in total. The molecule has 1 saturated heterocycles. The second kappa shape index (κ2) is 6.45. The predicted octanol–water partition coefficient (Wildman–Crippen LogP) is 3.02. The maximum atomic E-state index is 9.38. The van der Waals surface area contributed by atoms with Gasteiger partial charge < -0.3 is 14.6 Å². The summed E-state index contributed by atoms with van der Waals surface area (Å²) in [6.45, 7) is 5.18. The van der Waals surface area contributed by atoms with Crippen molar-refractivity contribution in [2.24, 2.45) is 5.92 Å². The molecule has 0 radical (unpaired) electrons. The number of aromatic nitrogens is 3. The van der Waals surface area contributed by atoms with Gasteiger partial charge in [0.15, 0.2) is 5.82 Å². The van der Waals surface area contributed by atoms with Crippen molar-refractivity contribution in [2.75, 3.05) is 18.5 Å². The Hall–Kier alpha value is -2.46. The van der Waals surface area contributed by atoms with Crippen LogP contribution in [0.3, 0.4) is 0 Å². The molecule has 1 aliphatic heterocycles. The van der Waals surface area contributed by atoms with Crippen LogP contribution < -0.4 is 5.32 Å². The third-order valence-electron chi connectivity index (χ3n) is 4.85. The Morgan fingerprint density at radius 2 is 2.12 bits per heavy atom. The minimum absolute atomic E-state index is 0.191. The average Bonchev–Trinajstić information content (AvgIpc) is 3.14. The Morgan fingerprint density at radius 1 is 1.28 bits per heavy atom. The molecule has 1 saturated carbocycles. The molecule has 0 unspecified atom stereocenters. The number of pyridine rings is 1. The zero-order valence-electron chi connectivity index (χ0n) is 14.5. The molecule has 2 aliphatic rings. The lowest BCUT2D eigenvalue weighted by Crippen LogP contribution is -2.19. The number of aryl methyl sites for hydroxylation is 2. The van der Waals surface area contributed by atoms with Crippen molar-refractivity contribution in [1.29, 1.82) is 5.26 Å². The molecular weight excluding hydrogens is 318 g/mol. The fraction of sp³-hybridized carbons (Fsp3) is 0.556. The molecule has 2 aromatic heterocycles. The van der Waals surface area contributed by atoms with Crippen LogP contribution in [0.4, 0.5) is 5.82 Å². The summed E-state index contributed by atoms with van der Waals surface area (Å²) in [6, 6.07) is 4.15. The van der Waals surface area contributed by atoms with E-state index in [2.05, 4.69) is 26.5 Å². The summed E-state index contributed by atoms with van der Waals surface area (Å²) in [7, 11) is 0. The van der Waals surface area contributed by atoms with Gasteiger partial charge >= 0.3 is 0 Å². The van der Waals surface area contributed by atoms with Gasteiger partial charge in [0.25, 0.3) is 5.89 Å². The van der Waals surface area contributed by atoms with E-state index in [0.29, 0.717) is 36.3 Å². The summed E-state index contributed by atoms with van der Waals surface area (Å²) >= 11 is 0. The molecule has 2 aromatic rings. The van der Waals surface area contributed by atoms with E-state index in [1.165, 1.54) is 0 Å². The van der Waals surface area contributed by atoms with Crippen molar-refractivity contribution in [1.82, 2.24) is 15.1 Å². The van der Waals surface area contributed by atoms with Crippen LogP contribution in [0.2, 0.25) is 0 Å². The highest BCUT2D eigenvalue weighted by Gasteiger charge is 2.36. The first kappa shape index (κ1) is 16.0. The van der Waals surface area contributed by atoms with E-state index in [9.17, 15) is 5.26 Å². The number of hydrogen-bond acceptors (Lipinski definition) is 7. The first-order valence-corrected chi connectivity index (χ1v) is 8.73. The number of nitriles is 1. The van der Waals surface area contributed by atoms with Gasteiger partial charge in [-0.2, -0.15) is 10.2 Å². The third kappa shape index (κ3) is 3.22. The zero-order valence-corrected chi connectivity index (χ0v) is 14.5. The van der Waals surface area contributed by atoms with Gasteiger partial charge in [-0.15, -0.1) is 0 Å². The molecule has 7 heteroatoms. The molecule has 0 amide bonds. The number of nitrogens with zero attached hydrogens (tertiary/aromatic N) is 4. The van der Waals surface area contributed by atoms with Crippen LogP contribution in [0.15, 0.2) is 10.6 Å². The van der Waals surface area contributed by atoms with Crippen molar-refractivity contribution in [3.05, 3.63) is 34.6 Å². The molecule has 2 fully saturated rings. The minimum Gasteiger partial charge on any atom is -0.369 e. The molecule has 0 bridgehead atoms. The summed E-state index contributed by atoms with van der Waals surface area (Å²) < 4.78 is 11.3. The Morgan fingerprint density at radius 3 is 2.88 bits per heavy atom. The fourth-order valence-corrected chi connectivity index (χ4v) is 3.32. The Kier molecular flexibility index (Phi) is 4.14. The van der Waals surface area contributed by atoms with Crippen molar-refractivity contribution in [3.8, 4) is 6.07 Å². The molecule has 3 heterocycles. The van der Waals surface area contributed by atoms with Crippen molar-refractivity contribution in [2.45, 2.75) is 45.1 Å². The van der Waals surface area contributed by atoms with Crippen LogP contribution in [0, 0.1) is 31.1 Å². The molecule has 0 aromatic carbocycles. The number of anilines is 1. The van der Waals surface area contributed by atoms with E-state index in [4.69, 9.17) is 9.26 Å². The topological polar surface area (TPSA) is 96.9 Å².